The molecular weight excluding hydrogens is 378 g/mol. The normalized spacial score (nSPS) is 15.4. The maximum absolute atomic E-state index is 12.8. The van der Waals surface area contributed by atoms with Crippen molar-refractivity contribution in [1.82, 2.24) is 4.31 Å². The molecule has 1 heterocycles. The van der Waals surface area contributed by atoms with E-state index in [-0.39, 0.29) is 17.8 Å². The summed E-state index contributed by atoms with van der Waals surface area (Å²) >= 11 is 0. The first-order valence-electron chi connectivity index (χ1n) is 8.78. The van der Waals surface area contributed by atoms with Gasteiger partial charge in [-0.25, -0.2) is 0 Å². The summed E-state index contributed by atoms with van der Waals surface area (Å²) in [5.41, 5.74) is 1.61. The summed E-state index contributed by atoms with van der Waals surface area (Å²) in [5, 5.41) is 2.77. The van der Waals surface area contributed by atoms with Gasteiger partial charge in [-0.2, -0.15) is 8.42 Å². The molecule has 7 nitrogen and oxygen atoms in total. The van der Waals surface area contributed by atoms with Gasteiger partial charge in [0.1, 0.15) is 5.75 Å². The molecule has 1 aliphatic rings. The predicted molar refractivity (Wildman–Crippen MR) is 108 cm³/mol. The number of nitrogens with one attached hydrogen (secondary N) is 1. The highest BCUT2D eigenvalue weighted by Crippen LogP contribution is 2.26. The molecule has 28 heavy (non-hydrogen) atoms. The van der Waals surface area contributed by atoms with Crippen molar-refractivity contribution in [3.63, 3.8) is 0 Å². The molecule has 2 aromatic carbocycles. The number of benzene rings is 2. The molecule has 1 amide bonds. The minimum Gasteiger partial charge on any atom is -0.492 e. The fourth-order valence-corrected chi connectivity index (χ4v) is 3.83. The standard InChI is InChI=1S/C20H21N3O4S/c1-3-27-19-12-8-7-11-18(19)21-20(24)17-14-23(28(25,26)22-15(17)2)13-16-9-5-4-6-10-16/h4-12,14H,3,13H2,1-2H3,(H,21,24). The number of ether oxygens (including phenoxy) is 1. The third kappa shape index (κ3) is 4.40. The van der Waals surface area contributed by atoms with Crippen LogP contribution in [0.25, 0.3) is 0 Å². The highest BCUT2D eigenvalue weighted by atomic mass is 32.2. The summed E-state index contributed by atoms with van der Waals surface area (Å²) < 4.78 is 35.1. The van der Waals surface area contributed by atoms with E-state index in [0.717, 1.165) is 9.87 Å². The number of carbonyl (C=O) groups excluding carboxylic acids is 1. The van der Waals surface area contributed by atoms with E-state index in [9.17, 15) is 13.2 Å². The Morgan fingerprint density at radius 1 is 1.11 bits per heavy atom. The summed E-state index contributed by atoms with van der Waals surface area (Å²) in [5.74, 6) is 0.0829. The third-order valence-electron chi connectivity index (χ3n) is 4.07. The van der Waals surface area contributed by atoms with Gasteiger partial charge in [0.15, 0.2) is 0 Å². The van der Waals surface area contributed by atoms with Crippen molar-refractivity contribution in [3.05, 3.63) is 71.9 Å². The maximum atomic E-state index is 12.8. The summed E-state index contributed by atoms with van der Waals surface area (Å²) in [7, 11) is -3.89. The second-order valence-electron chi connectivity index (χ2n) is 6.11. The number of rotatable bonds is 6. The van der Waals surface area contributed by atoms with Crippen molar-refractivity contribution < 1.29 is 17.9 Å². The molecular formula is C20H21N3O4S. The van der Waals surface area contributed by atoms with Crippen molar-refractivity contribution in [2.75, 3.05) is 11.9 Å². The number of anilines is 1. The predicted octanol–water partition coefficient (Wildman–Crippen LogP) is 3.13. The number of hydrogen-bond donors (Lipinski definition) is 1. The Bertz CT molecular complexity index is 1030. The largest absolute Gasteiger partial charge is 0.492 e. The third-order valence-corrected chi connectivity index (χ3v) is 5.40. The number of amides is 1. The fraction of sp³-hybridized carbons (Fsp3) is 0.200. The van der Waals surface area contributed by atoms with Crippen LogP contribution in [0.1, 0.15) is 19.4 Å². The molecule has 0 atom stereocenters. The molecule has 0 spiro atoms. The van der Waals surface area contributed by atoms with Crippen LogP contribution >= 0.6 is 0 Å². The highest BCUT2D eigenvalue weighted by molar-refractivity contribution is 7.88. The lowest BCUT2D eigenvalue weighted by molar-refractivity contribution is -0.112. The molecule has 3 rings (SSSR count). The van der Waals surface area contributed by atoms with Crippen molar-refractivity contribution in [1.29, 1.82) is 0 Å². The van der Waals surface area contributed by atoms with Crippen LogP contribution in [0.15, 0.2) is 70.8 Å². The average molecular weight is 399 g/mol. The van der Waals surface area contributed by atoms with Gasteiger partial charge in [0.2, 0.25) is 0 Å². The van der Waals surface area contributed by atoms with Gasteiger partial charge in [0.05, 0.1) is 30.1 Å². The molecule has 0 aliphatic carbocycles. The number of nitrogens with zero attached hydrogens (tertiary/aromatic N) is 2. The van der Waals surface area contributed by atoms with Crippen LogP contribution in [-0.2, 0) is 21.5 Å². The molecule has 0 aromatic heterocycles. The molecule has 8 heteroatoms. The van der Waals surface area contributed by atoms with Gasteiger partial charge in [-0.1, -0.05) is 42.5 Å². The minimum absolute atomic E-state index is 0.0895. The second kappa shape index (κ2) is 8.26. The van der Waals surface area contributed by atoms with Gasteiger partial charge in [0, 0.05) is 6.20 Å². The topological polar surface area (TPSA) is 88.1 Å². The SMILES string of the molecule is CCOc1ccccc1NC(=O)C1=CN(Cc2ccccc2)S(=O)(=O)N=C1C. The first kappa shape index (κ1) is 19.6. The van der Waals surface area contributed by atoms with Crippen LogP contribution in [-0.4, -0.2) is 30.9 Å². The van der Waals surface area contributed by atoms with Crippen molar-refractivity contribution in [2.24, 2.45) is 4.40 Å². The molecule has 0 saturated heterocycles. The summed E-state index contributed by atoms with van der Waals surface area (Å²) in [6.45, 7) is 3.90. The Labute approximate surface area is 164 Å². The first-order valence-corrected chi connectivity index (χ1v) is 10.2. The molecule has 1 N–H and O–H groups in total. The van der Waals surface area contributed by atoms with Crippen LogP contribution in [0, 0.1) is 0 Å². The zero-order chi connectivity index (χ0) is 20.1. The molecule has 1 aliphatic heterocycles. The lowest BCUT2D eigenvalue weighted by Gasteiger charge is -2.24. The van der Waals surface area contributed by atoms with Crippen LogP contribution in [0.4, 0.5) is 5.69 Å². The van der Waals surface area contributed by atoms with E-state index < -0.39 is 16.1 Å². The molecule has 0 saturated carbocycles. The van der Waals surface area contributed by atoms with Gasteiger partial charge in [0.25, 0.3) is 5.91 Å². The minimum atomic E-state index is -3.89. The molecule has 0 bridgehead atoms. The Hall–Kier alpha value is -3.13. The molecule has 0 fully saturated rings. The first-order chi connectivity index (χ1) is 13.4. The molecule has 0 unspecified atom stereocenters. The smallest absolute Gasteiger partial charge is 0.344 e. The number of carbonyl (C=O) groups is 1. The Morgan fingerprint density at radius 2 is 1.79 bits per heavy atom. The lowest BCUT2D eigenvalue weighted by atomic mass is 10.1. The van der Waals surface area contributed by atoms with Crippen molar-refractivity contribution in [3.8, 4) is 5.75 Å². The Kier molecular flexibility index (Phi) is 5.79. The van der Waals surface area contributed by atoms with Crippen LogP contribution in [0.3, 0.4) is 0 Å². The van der Waals surface area contributed by atoms with Gasteiger partial charge < -0.3 is 10.1 Å². The van der Waals surface area contributed by atoms with Crippen LogP contribution < -0.4 is 10.1 Å². The zero-order valence-electron chi connectivity index (χ0n) is 15.6. The zero-order valence-corrected chi connectivity index (χ0v) is 16.4. The lowest BCUT2D eigenvalue weighted by Crippen LogP contribution is -2.32. The number of para-hydroxylation sites is 2. The monoisotopic (exact) mass is 399 g/mol. The number of hydrogen-bond acceptors (Lipinski definition) is 4. The summed E-state index contributed by atoms with van der Waals surface area (Å²) in [6, 6.07) is 16.2. The van der Waals surface area contributed by atoms with E-state index in [1.54, 1.807) is 24.3 Å². The van der Waals surface area contributed by atoms with E-state index in [1.165, 1.54) is 13.1 Å². The highest BCUT2D eigenvalue weighted by Gasteiger charge is 2.28. The van der Waals surface area contributed by atoms with E-state index in [4.69, 9.17) is 4.74 Å². The van der Waals surface area contributed by atoms with Gasteiger partial charge >= 0.3 is 10.2 Å². The average Bonchev–Trinajstić information content (AvgIpc) is 2.66. The quantitative estimate of drug-likeness (QED) is 0.808. The van der Waals surface area contributed by atoms with E-state index in [1.807, 2.05) is 37.3 Å². The second-order valence-corrected chi connectivity index (χ2v) is 7.66. The van der Waals surface area contributed by atoms with Crippen LogP contribution in [0.5, 0.6) is 5.75 Å². The van der Waals surface area contributed by atoms with Gasteiger partial charge in [-0.15, -0.1) is 4.40 Å². The van der Waals surface area contributed by atoms with Gasteiger partial charge in [-0.05, 0) is 31.5 Å². The van der Waals surface area contributed by atoms with E-state index in [0.29, 0.717) is 18.0 Å². The molecule has 146 valence electrons. The van der Waals surface area contributed by atoms with E-state index >= 15 is 0 Å². The van der Waals surface area contributed by atoms with Crippen molar-refractivity contribution >= 4 is 27.5 Å². The van der Waals surface area contributed by atoms with Crippen molar-refractivity contribution in [2.45, 2.75) is 20.4 Å². The Balaban J connectivity index is 1.87. The Morgan fingerprint density at radius 3 is 2.50 bits per heavy atom. The molecule has 0 radical (unpaired) electrons. The summed E-state index contributed by atoms with van der Waals surface area (Å²) in [6.07, 6.45) is 1.32. The fourth-order valence-electron chi connectivity index (χ4n) is 2.73. The van der Waals surface area contributed by atoms with Crippen LogP contribution in [0.2, 0.25) is 0 Å². The van der Waals surface area contributed by atoms with Gasteiger partial charge in [-0.3, -0.25) is 9.10 Å². The molecule has 2 aromatic rings. The van der Waals surface area contributed by atoms with E-state index in [2.05, 4.69) is 9.71 Å². The summed E-state index contributed by atoms with van der Waals surface area (Å²) in [4.78, 5) is 12.8. The maximum Gasteiger partial charge on any atom is 0.344 e.